The summed E-state index contributed by atoms with van der Waals surface area (Å²) >= 11 is 0. The topological polar surface area (TPSA) is 90.0 Å². The number of nitrogens with one attached hydrogen (secondary N) is 3. The number of halogens is 2. The normalized spacial score (nSPS) is 24.1. The summed E-state index contributed by atoms with van der Waals surface area (Å²) in [5.74, 6) is -0.608. The summed E-state index contributed by atoms with van der Waals surface area (Å²) in [7, 11) is 0. The predicted octanol–water partition coefficient (Wildman–Crippen LogP) is 1.33. The van der Waals surface area contributed by atoms with Gasteiger partial charge in [0.15, 0.2) is 0 Å². The maximum Gasteiger partial charge on any atom is 0.279 e. The molecule has 4 N–H and O–H groups in total. The smallest absolute Gasteiger partial charge is 0.279 e. The van der Waals surface area contributed by atoms with E-state index >= 15 is 0 Å². The molecule has 0 unspecified atom stereocenters. The van der Waals surface area contributed by atoms with E-state index in [0.717, 1.165) is 11.6 Å². The summed E-state index contributed by atoms with van der Waals surface area (Å²) in [6.45, 7) is 0.924. The number of aliphatic hydroxyl groups excluding tert-OH is 1. The SMILES string of the molecule is O=C(N[C@]1(c2ccccc2)CCNC[C@H]1O)c1cc(C(F)F)[nH]n1. The molecule has 1 aromatic heterocycles. The third-order valence-corrected chi connectivity index (χ3v) is 4.29. The zero-order valence-corrected chi connectivity index (χ0v) is 12.8. The maximum atomic E-state index is 12.7. The molecular weight excluding hydrogens is 318 g/mol. The molecule has 8 heteroatoms. The minimum Gasteiger partial charge on any atom is -0.389 e. The number of rotatable bonds is 4. The molecule has 1 aliphatic rings. The molecule has 0 aliphatic carbocycles. The Kier molecular flexibility index (Phi) is 4.59. The number of piperidine rings is 1. The molecule has 2 heterocycles. The molecule has 1 saturated heterocycles. The number of amides is 1. The van der Waals surface area contributed by atoms with Gasteiger partial charge in [0, 0.05) is 6.54 Å². The van der Waals surface area contributed by atoms with E-state index in [1.807, 2.05) is 30.3 Å². The van der Waals surface area contributed by atoms with Crippen molar-refractivity contribution in [2.45, 2.75) is 24.5 Å². The molecule has 2 atom stereocenters. The number of nitrogens with zero attached hydrogens (tertiary/aromatic N) is 1. The zero-order chi connectivity index (χ0) is 17.2. The molecule has 1 amide bonds. The maximum absolute atomic E-state index is 12.7. The van der Waals surface area contributed by atoms with Crippen molar-refractivity contribution in [3.8, 4) is 0 Å². The van der Waals surface area contributed by atoms with Crippen LogP contribution in [0.5, 0.6) is 0 Å². The average molecular weight is 336 g/mol. The van der Waals surface area contributed by atoms with E-state index in [9.17, 15) is 18.7 Å². The monoisotopic (exact) mass is 336 g/mol. The molecule has 6 nitrogen and oxygen atoms in total. The summed E-state index contributed by atoms with van der Waals surface area (Å²) in [6, 6.07) is 10.2. The van der Waals surface area contributed by atoms with E-state index in [2.05, 4.69) is 20.8 Å². The van der Waals surface area contributed by atoms with Crippen LogP contribution in [0, 0.1) is 0 Å². The first-order chi connectivity index (χ1) is 11.5. The van der Waals surface area contributed by atoms with Gasteiger partial charge in [-0.05, 0) is 24.6 Å². The van der Waals surface area contributed by atoms with Crippen molar-refractivity contribution in [1.82, 2.24) is 20.8 Å². The number of β-amino-alcohol motifs (C(OH)–C–C–N with tert-alkyl or cyclic N) is 1. The number of H-pyrrole nitrogens is 1. The fourth-order valence-electron chi connectivity index (χ4n) is 2.99. The summed E-state index contributed by atoms with van der Waals surface area (Å²) in [4.78, 5) is 12.5. The number of aromatic nitrogens is 2. The highest BCUT2D eigenvalue weighted by Crippen LogP contribution is 2.31. The first-order valence-electron chi connectivity index (χ1n) is 7.63. The van der Waals surface area contributed by atoms with Crippen LogP contribution < -0.4 is 10.6 Å². The molecule has 0 saturated carbocycles. The minimum atomic E-state index is -2.73. The van der Waals surface area contributed by atoms with Gasteiger partial charge in [0.05, 0.1) is 11.6 Å². The van der Waals surface area contributed by atoms with E-state index in [0.29, 0.717) is 19.5 Å². The third-order valence-electron chi connectivity index (χ3n) is 4.29. The molecule has 0 spiro atoms. The first-order valence-corrected chi connectivity index (χ1v) is 7.63. The Bertz CT molecular complexity index is 707. The van der Waals surface area contributed by atoms with Gasteiger partial charge < -0.3 is 15.7 Å². The van der Waals surface area contributed by atoms with Crippen molar-refractivity contribution in [2.75, 3.05) is 13.1 Å². The number of hydrogen-bond donors (Lipinski definition) is 4. The van der Waals surface area contributed by atoms with Crippen LogP contribution >= 0.6 is 0 Å². The lowest BCUT2D eigenvalue weighted by atomic mass is 9.79. The highest BCUT2D eigenvalue weighted by atomic mass is 19.3. The molecule has 0 radical (unpaired) electrons. The van der Waals surface area contributed by atoms with E-state index in [4.69, 9.17) is 0 Å². The molecule has 1 fully saturated rings. The number of aromatic amines is 1. The molecular formula is C16H18F2N4O2. The van der Waals surface area contributed by atoms with Crippen LogP contribution in [0.15, 0.2) is 36.4 Å². The summed E-state index contributed by atoms with van der Waals surface area (Å²) in [5, 5.41) is 22.2. The largest absolute Gasteiger partial charge is 0.389 e. The fraction of sp³-hybridized carbons (Fsp3) is 0.375. The van der Waals surface area contributed by atoms with Crippen LogP contribution in [0.2, 0.25) is 0 Å². The van der Waals surface area contributed by atoms with Crippen LogP contribution in [-0.2, 0) is 5.54 Å². The van der Waals surface area contributed by atoms with Gasteiger partial charge in [-0.1, -0.05) is 30.3 Å². The Morgan fingerprint density at radius 3 is 2.75 bits per heavy atom. The van der Waals surface area contributed by atoms with Crippen LogP contribution in [-0.4, -0.2) is 40.4 Å². The van der Waals surface area contributed by atoms with Crippen molar-refractivity contribution < 1.29 is 18.7 Å². The van der Waals surface area contributed by atoms with Crippen LogP contribution in [0.25, 0.3) is 0 Å². The molecule has 24 heavy (non-hydrogen) atoms. The quantitative estimate of drug-likeness (QED) is 0.678. The number of hydrogen-bond acceptors (Lipinski definition) is 4. The minimum absolute atomic E-state index is 0.133. The lowest BCUT2D eigenvalue weighted by molar-refractivity contribution is 0.0288. The second-order valence-electron chi connectivity index (χ2n) is 5.77. The van der Waals surface area contributed by atoms with Gasteiger partial charge in [-0.25, -0.2) is 8.78 Å². The van der Waals surface area contributed by atoms with Crippen molar-refractivity contribution >= 4 is 5.91 Å². The van der Waals surface area contributed by atoms with Gasteiger partial charge in [-0.15, -0.1) is 0 Å². The Morgan fingerprint density at radius 1 is 1.38 bits per heavy atom. The molecule has 128 valence electrons. The Morgan fingerprint density at radius 2 is 2.12 bits per heavy atom. The standard InChI is InChI=1S/C16H18F2N4O2/c17-14(18)11-8-12(22-21-11)15(24)20-16(6-7-19-9-13(16)23)10-4-2-1-3-5-10/h1-5,8,13-14,19,23H,6-7,9H2,(H,20,24)(H,21,22)/t13-,16+/m1/s1. The van der Waals surface area contributed by atoms with Gasteiger partial charge >= 0.3 is 0 Å². The molecule has 1 aromatic carbocycles. The van der Waals surface area contributed by atoms with Crippen molar-refractivity contribution in [2.24, 2.45) is 0 Å². The number of carbonyl (C=O) groups excluding carboxylic acids is 1. The number of aliphatic hydroxyl groups is 1. The Labute approximate surface area is 137 Å². The van der Waals surface area contributed by atoms with Crippen LogP contribution in [0.1, 0.15) is 34.6 Å². The molecule has 1 aliphatic heterocycles. The highest BCUT2D eigenvalue weighted by Gasteiger charge is 2.43. The van der Waals surface area contributed by atoms with Crippen molar-refractivity contribution in [3.63, 3.8) is 0 Å². The number of alkyl halides is 2. The fourth-order valence-corrected chi connectivity index (χ4v) is 2.99. The predicted molar refractivity (Wildman–Crippen MR) is 82.6 cm³/mol. The second kappa shape index (κ2) is 6.66. The van der Waals surface area contributed by atoms with E-state index in [1.165, 1.54) is 0 Å². The molecule has 0 bridgehead atoms. The van der Waals surface area contributed by atoms with Gasteiger partial charge in [0.25, 0.3) is 12.3 Å². The second-order valence-corrected chi connectivity index (χ2v) is 5.77. The Hall–Kier alpha value is -2.32. The van der Waals surface area contributed by atoms with E-state index in [1.54, 1.807) is 0 Å². The lowest BCUT2D eigenvalue weighted by Crippen LogP contribution is -2.61. The summed E-state index contributed by atoms with van der Waals surface area (Å²) < 4.78 is 25.3. The van der Waals surface area contributed by atoms with Crippen LogP contribution in [0.3, 0.4) is 0 Å². The summed E-state index contributed by atoms with van der Waals surface area (Å²) in [6.07, 6.45) is -3.12. The highest BCUT2D eigenvalue weighted by molar-refractivity contribution is 5.93. The van der Waals surface area contributed by atoms with E-state index < -0.39 is 29.7 Å². The van der Waals surface area contributed by atoms with Crippen LogP contribution in [0.4, 0.5) is 8.78 Å². The van der Waals surface area contributed by atoms with Gasteiger partial charge in [0.2, 0.25) is 0 Å². The lowest BCUT2D eigenvalue weighted by Gasteiger charge is -2.42. The van der Waals surface area contributed by atoms with Gasteiger partial charge in [-0.3, -0.25) is 9.89 Å². The molecule has 2 aromatic rings. The van der Waals surface area contributed by atoms with Gasteiger partial charge in [-0.2, -0.15) is 5.10 Å². The van der Waals surface area contributed by atoms with Crippen molar-refractivity contribution in [3.05, 3.63) is 53.3 Å². The number of benzene rings is 1. The average Bonchev–Trinajstić information content (AvgIpc) is 3.08. The van der Waals surface area contributed by atoms with E-state index in [-0.39, 0.29) is 5.69 Å². The molecule has 3 rings (SSSR count). The third kappa shape index (κ3) is 3.02. The van der Waals surface area contributed by atoms with Crippen molar-refractivity contribution in [1.29, 1.82) is 0 Å². The zero-order valence-electron chi connectivity index (χ0n) is 12.8. The first kappa shape index (κ1) is 16.5. The number of carbonyl (C=O) groups is 1. The Balaban J connectivity index is 1.90. The van der Waals surface area contributed by atoms with Gasteiger partial charge in [0.1, 0.15) is 11.4 Å². The summed E-state index contributed by atoms with van der Waals surface area (Å²) in [5.41, 5.74) is -0.781.